The molecule has 0 saturated carbocycles. The predicted molar refractivity (Wildman–Crippen MR) is 476 cm³/mol. The maximum Gasteiger partial charge on any atom is 0.164 e. The van der Waals surface area contributed by atoms with Crippen LogP contribution in [0.25, 0.3) is 191 Å². The molecule has 0 unspecified atom stereocenters. The molecule has 0 saturated heterocycles. The van der Waals surface area contributed by atoms with Gasteiger partial charge in [-0.3, -0.25) is 0 Å². The van der Waals surface area contributed by atoms with Crippen molar-refractivity contribution in [1.29, 1.82) is 0 Å². The van der Waals surface area contributed by atoms with E-state index < -0.39 is 0 Å². The highest BCUT2D eigenvalue weighted by atomic mass is 15.0. The second kappa shape index (κ2) is 29.3. The lowest BCUT2D eigenvalue weighted by Gasteiger charge is -2.22. The van der Waals surface area contributed by atoms with E-state index in [0.717, 1.165) is 133 Å². The third-order valence-electron chi connectivity index (χ3n) is 23.0. The van der Waals surface area contributed by atoms with Crippen molar-refractivity contribution in [2.24, 2.45) is 0 Å². The summed E-state index contributed by atoms with van der Waals surface area (Å²) in [5, 5.41) is 2.28. The van der Waals surface area contributed by atoms with E-state index in [1.165, 1.54) is 44.5 Å². The van der Waals surface area contributed by atoms with Crippen LogP contribution in [-0.2, 0) is 10.8 Å². The molecule has 15 aromatic carbocycles. The van der Waals surface area contributed by atoms with Gasteiger partial charge in [0.1, 0.15) is 0 Å². The molecule has 0 aliphatic heterocycles. The molecule has 0 bridgehead atoms. The minimum atomic E-state index is -0.142. The Labute approximate surface area is 675 Å². The molecule has 0 fully saturated rings. The number of aromatic nitrogens is 8. The highest BCUT2D eigenvalue weighted by Crippen LogP contribution is 2.53. The van der Waals surface area contributed by atoms with Crippen LogP contribution in [0.5, 0.6) is 0 Å². The van der Waals surface area contributed by atoms with Gasteiger partial charge >= 0.3 is 0 Å². The fourth-order valence-electron chi connectivity index (χ4n) is 17.0. The zero-order chi connectivity index (χ0) is 77.9. The van der Waals surface area contributed by atoms with Crippen LogP contribution in [0.15, 0.2) is 388 Å². The smallest absolute Gasteiger partial charge is 0.164 e. The van der Waals surface area contributed by atoms with Gasteiger partial charge in [0.2, 0.25) is 0 Å². The fraction of sp³-hybridized carbons (Fsp3) is 0.0556. The van der Waals surface area contributed by atoms with Gasteiger partial charge in [0, 0.05) is 66.1 Å². The summed E-state index contributed by atoms with van der Waals surface area (Å²) in [5.74, 6) is 3.68. The first-order valence-electron chi connectivity index (χ1n) is 39.5. The molecular formula is C108H76N8. The summed E-state index contributed by atoms with van der Waals surface area (Å²) in [6.45, 7) is 9.29. The molecule has 0 spiro atoms. The van der Waals surface area contributed by atoms with Gasteiger partial charge in [-0.05, 0) is 173 Å². The van der Waals surface area contributed by atoms with Gasteiger partial charge in [-0.2, -0.15) is 0 Å². The first-order valence-corrected chi connectivity index (χ1v) is 39.5. The molecule has 0 N–H and O–H groups in total. The number of fused-ring (bicyclic) bond motifs is 8. The first kappa shape index (κ1) is 70.3. The Bertz CT molecular complexity index is 6810. The maximum absolute atomic E-state index is 5.48. The van der Waals surface area contributed by atoms with Gasteiger partial charge in [0.15, 0.2) is 34.9 Å². The second-order valence-electron chi connectivity index (χ2n) is 31.0. The van der Waals surface area contributed by atoms with Crippen LogP contribution in [-0.4, -0.2) is 39.9 Å². The third-order valence-corrected chi connectivity index (χ3v) is 23.0. The summed E-state index contributed by atoms with van der Waals surface area (Å²) in [5.41, 5.74) is 32.6. The molecule has 2 aliphatic carbocycles. The zero-order valence-corrected chi connectivity index (χ0v) is 64.5. The zero-order valence-electron chi connectivity index (χ0n) is 64.5. The van der Waals surface area contributed by atoms with Crippen molar-refractivity contribution >= 4 is 21.8 Å². The highest BCUT2D eigenvalue weighted by Gasteiger charge is 2.38. The summed E-state index contributed by atoms with van der Waals surface area (Å²) in [7, 11) is 0. The van der Waals surface area contributed by atoms with E-state index in [2.05, 4.69) is 337 Å². The van der Waals surface area contributed by atoms with Gasteiger partial charge in [-0.15, -0.1) is 0 Å². The lowest BCUT2D eigenvalue weighted by Crippen LogP contribution is -2.14. The average Bonchev–Trinajstić information content (AvgIpc) is 1.56. The number of rotatable bonds is 13. The van der Waals surface area contributed by atoms with Crippen molar-refractivity contribution in [3.63, 3.8) is 0 Å². The SMILES string of the molecule is CC1(C)c2ccccc2-c2cc3c(-c4ccccc4)cc(-c4cc(-c5ccccc5)cc(-c5nc(-c6ccccc6)nc(-c6ccccc6)n5)c4)nc3cc21.CC1(C)c2ccccc2-c2cc3c(-c4ccccc4)cc(-c4cccc(-c5nc(-c6cccc(-c7ccccc7)c6)nc(-c6cccc(-c7ccccc7)c6)n5)c4)nc3cc21. The van der Waals surface area contributed by atoms with Gasteiger partial charge in [0.25, 0.3) is 0 Å². The molecule has 8 nitrogen and oxygen atoms in total. The summed E-state index contributed by atoms with van der Waals surface area (Å²) >= 11 is 0. The number of benzene rings is 15. The van der Waals surface area contributed by atoms with Gasteiger partial charge in [-0.25, -0.2) is 39.9 Å². The van der Waals surface area contributed by atoms with Crippen molar-refractivity contribution in [1.82, 2.24) is 39.9 Å². The van der Waals surface area contributed by atoms with Crippen molar-refractivity contribution in [3.8, 4) is 169 Å². The molecule has 4 aromatic heterocycles. The third kappa shape index (κ3) is 13.2. The van der Waals surface area contributed by atoms with Crippen LogP contribution in [0.1, 0.15) is 49.9 Å². The molecule has 21 rings (SSSR count). The Morgan fingerprint density at radius 2 is 0.422 bits per heavy atom. The van der Waals surface area contributed by atoms with Crippen LogP contribution in [0.4, 0.5) is 0 Å². The number of hydrogen-bond donors (Lipinski definition) is 0. The van der Waals surface area contributed by atoms with Gasteiger partial charge in [-0.1, -0.05) is 343 Å². The minimum absolute atomic E-state index is 0.139. The van der Waals surface area contributed by atoms with E-state index in [9.17, 15) is 0 Å². The van der Waals surface area contributed by atoms with E-state index in [4.69, 9.17) is 39.9 Å². The van der Waals surface area contributed by atoms with E-state index in [1.54, 1.807) is 0 Å². The summed E-state index contributed by atoms with van der Waals surface area (Å²) < 4.78 is 0. The van der Waals surface area contributed by atoms with Crippen LogP contribution in [0.3, 0.4) is 0 Å². The van der Waals surface area contributed by atoms with E-state index in [0.29, 0.717) is 34.9 Å². The second-order valence-corrected chi connectivity index (χ2v) is 31.0. The molecule has 0 atom stereocenters. The summed E-state index contributed by atoms with van der Waals surface area (Å²) in [4.78, 5) is 41.6. The number of hydrogen-bond acceptors (Lipinski definition) is 8. The van der Waals surface area contributed by atoms with Crippen LogP contribution in [0, 0.1) is 0 Å². The quantitative estimate of drug-likeness (QED) is 0.112. The average molecular weight is 1490 g/mol. The predicted octanol–water partition coefficient (Wildman–Crippen LogP) is 27.1. The molecule has 2 aliphatic rings. The van der Waals surface area contributed by atoms with E-state index >= 15 is 0 Å². The molecule has 0 radical (unpaired) electrons. The molecule has 0 amide bonds. The largest absolute Gasteiger partial charge is 0.248 e. The van der Waals surface area contributed by atoms with Gasteiger partial charge in [0.05, 0.1) is 22.4 Å². The number of nitrogens with zero attached hydrogens (tertiary/aromatic N) is 8. The molecule has 548 valence electrons. The lowest BCUT2D eigenvalue weighted by molar-refractivity contribution is 0.661. The van der Waals surface area contributed by atoms with Crippen LogP contribution >= 0.6 is 0 Å². The normalized spacial score (nSPS) is 12.6. The summed E-state index contributed by atoms with van der Waals surface area (Å²) in [6, 6.07) is 136. The van der Waals surface area contributed by atoms with E-state index in [-0.39, 0.29) is 10.8 Å². The Hall–Kier alpha value is -14.9. The van der Waals surface area contributed by atoms with Crippen molar-refractivity contribution < 1.29 is 0 Å². The van der Waals surface area contributed by atoms with Crippen molar-refractivity contribution in [2.75, 3.05) is 0 Å². The molecule has 8 heteroatoms. The molecular weight excluding hydrogens is 1410 g/mol. The topological polar surface area (TPSA) is 103 Å². The lowest BCUT2D eigenvalue weighted by atomic mass is 9.82. The molecule has 116 heavy (non-hydrogen) atoms. The highest BCUT2D eigenvalue weighted by molar-refractivity contribution is 6.04. The van der Waals surface area contributed by atoms with Gasteiger partial charge < -0.3 is 0 Å². The first-order chi connectivity index (χ1) is 56.9. The monoisotopic (exact) mass is 1480 g/mol. The standard InChI is InChI=1S/C57H40N4.C51H36N4/c1-57(2)50-30-13-12-29-46(50)48-34-49-47(39-21-10-5-11-22-39)35-52(58-53(49)36-51(48)57)42-25-16-28-45(33-42)56-60-54(43-26-14-23-40(31-43)37-17-6-3-7-18-37)59-55(61-56)44-27-15-24-41(32-44)38-19-8-4-9-20-38;1-51(2)44-26-16-15-25-40(44)42-30-43-41(34-19-9-4-10-20-34)31-46(52-47(43)32-45(42)51)38-27-37(33-17-7-3-8-18-33)28-39(29-38)50-54-48(35-21-11-5-12-22-35)53-49(55-50)36-23-13-6-14-24-36/h3-36H,1-2H3;3-32H,1-2H3. The van der Waals surface area contributed by atoms with Crippen molar-refractivity contribution in [2.45, 2.75) is 38.5 Å². The Balaban J connectivity index is 0.000000150. The summed E-state index contributed by atoms with van der Waals surface area (Å²) in [6.07, 6.45) is 0. The van der Waals surface area contributed by atoms with Crippen molar-refractivity contribution in [3.05, 3.63) is 411 Å². The molecule has 19 aromatic rings. The van der Waals surface area contributed by atoms with E-state index in [1.807, 2.05) is 78.9 Å². The van der Waals surface area contributed by atoms with Crippen LogP contribution < -0.4 is 0 Å². The minimum Gasteiger partial charge on any atom is -0.248 e. The maximum atomic E-state index is 5.48. The Morgan fingerprint density at radius 3 is 0.819 bits per heavy atom. The Kier molecular flexibility index (Phi) is 17.8. The Morgan fingerprint density at radius 1 is 0.155 bits per heavy atom. The van der Waals surface area contributed by atoms with Crippen LogP contribution in [0.2, 0.25) is 0 Å². The molecule has 4 heterocycles. The number of pyridine rings is 2. The fourth-order valence-corrected chi connectivity index (χ4v) is 17.0.